The van der Waals surface area contributed by atoms with E-state index in [0.29, 0.717) is 6.42 Å². The third kappa shape index (κ3) is 2.35. The average Bonchev–Trinajstić information content (AvgIpc) is 3.05. The second-order valence-electron chi connectivity index (χ2n) is 5.80. The fourth-order valence-electron chi connectivity index (χ4n) is 2.52. The maximum absolute atomic E-state index is 12.1. The summed E-state index contributed by atoms with van der Waals surface area (Å²) in [7, 11) is 0. The monoisotopic (exact) mass is 258 g/mol. The van der Waals surface area contributed by atoms with Crippen LogP contribution in [0.4, 0.5) is 0 Å². The molecule has 3 rings (SSSR count). The summed E-state index contributed by atoms with van der Waals surface area (Å²) in [5, 5.41) is 5.98. The molecule has 0 unspecified atom stereocenters. The van der Waals surface area contributed by atoms with Gasteiger partial charge in [-0.3, -0.25) is 9.59 Å². The van der Waals surface area contributed by atoms with Crippen molar-refractivity contribution in [3.8, 4) is 0 Å². The number of hydrogen-bond donors (Lipinski definition) is 2. The molecule has 1 aliphatic heterocycles. The Morgan fingerprint density at radius 1 is 1.32 bits per heavy atom. The summed E-state index contributed by atoms with van der Waals surface area (Å²) in [5.41, 5.74) is 0.840. The lowest BCUT2D eigenvalue weighted by atomic mass is 9.99. The van der Waals surface area contributed by atoms with E-state index in [4.69, 9.17) is 0 Å². The van der Waals surface area contributed by atoms with Crippen molar-refractivity contribution in [2.45, 2.75) is 38.3 Å². The molecule has 19 heavy (non-hydrogen) atoms. The molecule has 2 N–H and O–H groups in total. The third-order valence-corrected chi connectivity index (χ3v) is 4.15. The molecule has 1 aromatic rings. The van der Waals surface area contributed by atoms with Crippen LogP contribution in [-0.2, 0) is 9.59 Å². The first-order valence-electron chi connectivity index (χ1n) is 6.74. The maximum atomic E-state index is 12.1. The van der Waals surface area contributed by atoms with Crippen LogP contribution in [0.1, 0.15) is 37.8 Å². The van der Waals surface area contributed by atoms with Crippen molar-refractivity contribution in [2.75, 3.05) is 0 Å². The molecule has 2 fully saturated rings. The van der Waals surface area contributed by atoms with E-state index in [1.165, 1.54) is 0 Å². The van der Waals surface area contributed by atoms with Crippen molar-refractivity contribution >= 4 is 11.8 Å². The first-order chi connectivity index (χ1) is 9.08. The number of rotatable bonds is 3. The van der Waals surface area contributed by atoms with Gasteiger partial charge in [0.1, 0.15) is 0 Å². The fraction of sp³-hybridized carbons (Fsp3) is 0.467. The summed E-state index contributed by atoms with van der Waals surface area (Å²) >= 11 is 0. The van der Waals surface area contributed by atoms with Gasteiger partial charge in [0.2, 0.25) is 11.8 Å². The zero-order valence-electron chi connectivity index (χ0n) is 11.0. The van der Waals surface area contributed by atoms with E-state index < -0.39 is 0 Å². The topological polar surface area (TPSA) is 58.2 Å². The predicted octanol–water partition coefficient (Wildman–Crippen LogP) is 1.53. The highest BCUT2D eigenvalue weighted by Gasteiger charge is 2.47. The van der Waals surface area contributed by atoms with Crippen LogP contribution in [-0.4, -0.2) is 17.9 Å². The van der Waals surface area contributed by atoms with Gasteiger partial charge in [-0.2, -0.15) is 0 Å². The number of amides is 2. The molecule has 1 aromatic carbocycles. The molecule has 2 aliphatic rings. The van der Waals surface area contributed by atoms with Gasteiger partial charge in [0.25, 0.3) is 0 Å². The standard InChI is InChI=1S/C15H18N2O2/c1-15(7-8-15)14(19)16-11-9-12(18)17-13(11)10-5-3-2-4-6-10/h2-6,11,13H,7-9H2,1H3,(H,16,19)(H,17,18)/t11-,13+/m0/s1. The Balaban J connectivity index is 1.75. The van der Waals surface area contributed by atoms with Crippen molar-refractivity contribution in [3.63, 3.8) is 0 Å². The summed E-state index contributed by atoms with van der Waals surface area (Å²) in [6.07, 6.45) is 2.26. The minimum Gasteiger partial charge on any atom is -0.350 e. The zero-order valence-corrected chi connectivity index (χ0v) is 11.0. The molecule has 0 aromatic heterocycles. The van der Waals surface area contributed by atoms with Crippen molar-refractivity contribution in [1.29, 1.82) is 0 Å². The van der Waals surface area contributed by atoms with Crippen molar-refractivity contribution in [1.82, 2.24) is 10.6 Å². The molecular weight excluding hydrogens is 240 g/mol. The lowest BCUT2D eigenvalue weighted by Gasteiger charge is -2.22. The SMILES string of the molecule is CC1(C(=O)N[C@H]2CC(=O)N[C@@H]2c2ccccc2)CC1. The van der Waals surface area contributed by atoms with Crippen LogP contribution < -0.4 is 10.6 Å². The van der Waals surface area contributed by atoms with Crippen LogP contribution in [0.25, 0.3) is 0 Å². The van der Waals surface area contributed by atoms with Crippen molar-refractivity contribution < 1.29 is 9.59 Å². The van der Waals surface area contributed by atoms with E-state index in [9.17, 15) is 9.59 Å². The molecule has 0 radical (unpaired) electrons. The Morgan fingerprint density at radius 2 is 2.00 bits per heavy atom. The van der Waals surface area contributed by atoms with Gasteiger partial charge < -0.3 is 10.6 Å². The van der Waals surface area contributed by atoms with Gasteiger partial charge in [-0.1, -0.05) is 37.3 Å². The summed E-state index contributed by atoms with van der Waals surface area (Å²) in [6, 6.07) is 9.54. The molecule has 4 nitrogen and oxygen atoms in total. The largest absolute Gasteiger partial charge is 0.350 e. The second kappa shape index (κ2) is 4.37. The van der Waals surface area contributed by atoms with E-state index >= 15 is 0 Å². The van der Waals surface area contributed by atoms with Gasteiger partial charge in [-0.25, -0.2) is 0 Å². The summed E-state index contributed by atoms with van der Waals surface area (Å²) in [4.78, 5) is 23.7. The number of hydrogen-bond acceptors (Lipinski definition) is 2. The summed E-state index contributed by atoms with van der Waals surface area (Å²) in [6.45, 7) is 1.98. The van der Waals surface area contributed by atoms with Crippen molar-refractivity contribution in [2.24, 2.45) is 5.41 Å². The third-order valence-electron chi connectivity index (χ3n) is 4.15. The first-order valence-corrected chi connectivity index (χ1v) is 6.74. The molecular formula is C15H18N2O2. The predicted molar refractivity (Wildman–Crippen MR) is 71.2 cm³/mol. The Labute approximate surface area is 112 Å². The second-order valence-corrected chi connectivity index (χ2v) is 5.80. The summed E-state index contributed by atoms with van der Waals surface area (Å²) in [5.74, 6) is 0.0787. The minimum absolute atomic E-state index is 0.0000954. The smallest absolute Gasteiger partial charge is 0.226 e. The van der Waals surface area contributed by atoms with E-state index in [-0.39, 0.29) is 29.3 Å². The van der Waals surface area contributed by atoms with Crippen LogP contribution in [0.2, 0.25) is 0 Å². The number of carbonyl (C=O) groups excluding carboxylic acids is 2. The lowest BCUT2D eigenvalue weighted by Crippen LogP contribution is -2.41. The number of benzene rings is 1. The van der Waals surface area contributed by atoms with Crippen LogP contribution >= 0.6 is 0 Å². The molecule has 1 saturated heterocycles. The van der Waals surface area contributed by atoms with Gasteiger partial charge in [0.05, 0.1) is 12.1 Å². The normalized spacial score (nSPS) is 27.7. The van der Waals surface area contributed by atoms with Gasteiger partial charge in [0.15, 0.2) is 0 Å². The maximum Gasteiger partial charge on any atom is 0.226 e. The van der Waals surface area contributed by atoms with E-state index in [1.54, 1.807) is 0 Å². The quantitative estimate of drug-likeness (QED) is 0.864. The molecule has 1 heterocycles. The number of carbonyl (C=O) groups is 2. The highest BCUT2D eigenvalue weighted by atomic mass is 16.2. The molecule has 4 heteroatoms. The van der Waals surface area contributed by atoms with Gasteiger partial charge >= 0.3 is 0 Å². The Kier molecular flexibility index (Phi) is 2.81. The Hall–Kier alpha value is -1.84. The first kappa shape index (κ1) is 12.2. The molecule has 0 spiro atoms. The van der Waals surface area contributed by atoms with Crippen LogP contribution in [0, 0.1) is 5.41 Å². The zero-order chi connectivity index (χ0) is 13.5. The lowest BCUT2D eigenvalue weighted by molar-refractivity contribution is -0.126. The highest BCUT2D eigenvalue weighted by molar-refractivity contribution is 5.87. The van der Waals surface area contributed by atoms with Crippen molar-refractivity contribution in [3.05, 3.63) is 35.9 Å². The molecule has 1 saturated carbocycles. The molecule has 2 atom stereocenters. The molecule has 0 bridgehead atoms. The minimum atomic E-state index is -0.202. The van der Waals surface area contributed by atoms with Crippen LogP contribution in [0.3, 0.4) is 0 Å². The van der Waals surface area contributed by atoms with E-state index in [1.807, 2.05) is 37.3 Å². The van der Waals surface area contributed by atoms with Crippen LogP contribution in [0.5, 0.6) is 0 Å². The summed E-state index contributed by atoms with van der Waals surface area (Å²) < 4.78 is 0. The average molecular weight is 258 g/mol. The Bertz CT molecular complexity index is 508. The fourth-order valence-corrected chi connectivity index (χ4v) is 2.52. The highest BCUT2D eigenvalue weighted by Crippen LogP contribution is 2.45. The Morgan fingerprint density at radius 3 is 2.63 bits per heavy atom. The molecule has 1 aliphatic carbocycles. The number of nitrogens with one attached hydrogen (secondary N) is 2. The van der Waals surface area contributed by atoms with Gasteiger partial charge in [-0.05, 0) is 18.4 Å². The molecule has 100 valence electrons. The van der Waals surface area contributed by atoms with E-state index in [0.717, 1.165) is 18.4 Å². The van der Waals surface area contributed by atoms with E-state index in [2.05, 4.69) is 10.6 Å². The van der Waals surface area contributed by atoms with Gasteiger partial charge in [0, 0.05) is 11.8 Å². The van der Waals surface area contributed by atoms with Gasteiger partial charge in [-0.15, -0.1) is 0 Å². The van der Waals surface area contributed by atoms with Crippen LogP contribution in [0.15, 0.2) is 30.3 Å². The molecule has 2 amide bonds.